The molecular formula is C16H17FO2. The summed E-state index contributed by atoms with van der Waals surface area (Å²) in [6, 6.07) is 9.71. The SMILES string of the molecule is CC(C(=O)O)C1=CC(F)CC(c2ccccc2)C=C1. The molecule has 3 unspecified atom stereocenters. The molecule has 0 heterocycles. The Morgan fingerprint density at radius 3 is 2.68 bits per heavy atom. The minimum atomic E-state index is -1.11. The zero-order valence-corrected chi connectivity index (χ0v) is 10.8. The molecule has 0 bridgehead atoms. The molecule has 1 aromatic carbocycles. The van der Waals surface area contributed by atoms with Crippen LogP contribution in [0.2, 0.25) is 0 Å². The highest BCUT2D eigenvalue weighted by atomic mass is 19.1. The van der Waals surface area contributed by atoms with Crippen molar-refractivity contribution in [1.29, 1.82) is 0 Å². The summed E-state index contributed by atoms with van der Waals surface area (Å²) >= 11 is 0. The topological polar surface area (TPSA) is 37.3 Å². The molecule has 1 aliphatic rings. The van der Waals surface area contributed by atoms with Crippen LogP contribution in [-0.4, -0.2) is 17.2 Å². The van der Waals surface area contributed by atoms with Gasteiger partial charge in [-0.2, -0.15) is 0 Å². The second-order valence-electron chi connectivity index (χ2n) is 4.85. The maximum absolute atomic E-state index is 13.9. The van der Waals surface area contributed by atoms with E-state index in [0.29, 0.717) is 12.0 Å². The Bertz CT molecular complexity index is 505. The van der Waals surface area contributed by atoms with Gasteiger partial charge in [-0.3, -0.25) is 4.79 Å². The van der Waals surface area contributed by atoms with Gasteiger partial charge in [-0.05, 0) is 30.6 Å². The fraction of sp³-hybridized carbons (Fsp3) is 0.312. The van der Waals surface area contributed by atoms with E-state index in [1.165, 1.54) is 6.08 Å². The van der Waals surface area contributed by atoms with Crippen molar-refractivity contribution in [1.82, 2.24) is 0 Å². The van der Waals surface area contributed by atoms with E-state index in [9.17, 15) is 9.18 Å². The number of carboxylic acid groups (broad SMARTS) is 1. The van der Waals surface area contributed by atoms with Gasteiger partial charge >= 0.3 is 5.97 Å². The van der Waals surface area contributed by atoms with Crippen molar-refractivity contribution in [2.45, 2.75) is 25.4 Å². The molecule has 1 aliphatic carbocycles. The minimum absolute atomic E-state index is 0.00838. The largest absolute Gasteiger partial charge is 0.481 e. The molecule has 0 spiro atoms. The molecular weight excluding hydrogens is 243 g/mol. The van der Waals surface area contributed by atoms with Gasteiger partial charge in [-0.25, -0.2) is 4.39 Å². The van der Waals surface area contributed by atoms with Gasteiger partial charge in [0.05, 0.1) is 5.92 Å². The van der Waals surface area contributed by atoms with Gasteiger partial charge in [0, 0.05) is 5.92 Å². The maximum atomic E-state index is 13.9. The summed E-state index contributed by atoms with van der Waals surface area (Å²) in [6.07, 6.45) is 4.32. The number of carbonyl (C=O) groups is 1. The quantitative estimate of drug-likeness (QED) is 0.899. The summed E-state index contributed by atoms with van der Waals surface area (Å²) in [5.74, 6) is -1.61. The molecule has 19 heavy (non-hydrogen) atoms. The van der Waals surface area contributed by atoms with Crippen molar-refractivity contribution in [2.75, 3.05) is 0 Å². The van der Waals surface area contributed by atoms with Gasteiger partial charge in [0.15, 0.2) is 0 Å². The summed E-state index contributed by atoms with van der Waals surface area (Å²) < 4.78 is 13.9. The number of carboxylic acids is 1. The molecule has 0 aliphatic heterocycles. The molecule has 0 saturated heterocycles. The van der Waals surface area contributed by atoms with E-state index in [0.717, 1.165) is 5.56 Å². The number of allylic oxidation sites excluding steroid dienone is 3. The van der Waals surface area contributed by atoms with Crippen molar-refractivity contribution in [3.05, 3.63) is 59.7 Å². The predicted octanol–water partition coefficient (Wildman–Crippen LogP) is 3.72. The molecule has 1 aromatic rings. The molecule has 1 N–H and O–H groups in total. The Morgan fingerprint density at radius 1 is 1.37 bits per heavy atom. The fourth-order valence-electron chi connectivity index (χ4n) is 2.26. The monoisotopic (exact) mass is 260 g/mol. The van der Waals surface area contributed by atoms with Crippen molar-refractivity contribution >= 4 is 5.97 Å². The summed E-state index contributed by atoms with van der Waals surface area (Å²) in [5, 5.41) is 9.00. The highest BCUT2D eigenvalue weighted by Crippen LogP contribution is 2.30. The third-order valence-corrected chi connectivity index (χ3v) is 3.47. The minimum Gasteiger partial charge on any atom is -0.481 e. The second kappa shape index (κ2) is 5.83. The van der Waals surface area contributed by atoms with Crippen LogP contribution in [0.4, 0.5) is 4.39 Å². The third-order valence-electron chi connectivity index (χ3n) is 3.47. The number of halogens is 1. The average molecular weight is 260 g/mol. The smallest absolute Gasteiger partial charge is 0.310 e. The van der Waals surface area contributed by atoms with E-state index in [4.69, 9.17) is 5.11 Å². The summed E-state index contributed by atoms with van der Waals surface area (Å²) in [6.45, 7) is 1.58. The first kappa shape index (κ1) is 13.5. The van der Waals surface area contributed by atoms with E-state index in [1.54, 1.807) is 13.0 Å². The molecule has 2 nitrogen and oxygen atoms in total. The molecule has 3 atom stereocenters. The normalized spacial score (nSPS) is 24.4. The Balaban J connectivity index is 2.23. The lowest BCUT2D eigenvalue weighted by Crippen LogP contribution is -2.12. The van der Waals surface area contributed by atoms with Gasteiger partial charge in [-0.1, -0.05) is 42.5 Å². The Hall–Kier alpha value is -1.90. The molecule has 100 valence electrons. The van der Waals surface area contributed by atoms with Gasteiger partial charge in [0.1, 0.15) is 6.17 Å². The van der Waals surface area contributed by atoms with Crippen LogP contribution in [0, 0.1) is 5.92 Å². The number of hydrogen-bond acceptors (Lipinski definition) is 1. The summed E-state index contributed by atoms with van der Waals surface area (Å²) in [7, 11) is 0. The van der Waals surface area contributed by atoms with Crippen molar-refractivity contribution in [3.8, 4) is 0 Å². The zero-order valence-electron chi connectivity index (χ0n) is 10.8. The van der Waals surface area contributed by atoms with Crippen LogP contribution in [0.25, 0.3) is 0 Å². The van der Waals surface area contributed by atoms with Crippen molar-refractivity contribution in [3.63, 3.8) is 0 Å². The summed E-state index contributed by atoms with van der Waals surface area (Å²) in [5.41, 5.74) is 1.59. The number of benzene rings is 1. The Morgan fingerprint density at radius 2 is 2.05 bits per heavy atom. The lowest BCUT2D eigenvalue weighted by molar-refractivity contribution is -0.139. The molecule has 0 amide bonds. The van der Waals surface area contributed by atoms with Crippen LogP contribution in [-0.2, 0) is 4.79 Å². The van der Waals surface area contributed by atoms with E-state index in [1.807, 2.05) is 36.4 Å². The number of hydrogen-bond donors (Lipinski definition) is 1. The van der Waals surface area contributed by atoms with Crippen molar-refractivity contribution < 1.29 is 14.3 Å². The third kappa shape index (κ3) is 3.31. The van der Waals surface area contributed by atoms with Gasteiger partial charge in [0.2, 0.25) is 0 Å². The molecule has 3 heteroatoms. The van der Waals surface area contributed by atoms with Crippen LogP contribution < -0.4 is 0 Å². The van der Waals surface area contributed by atoms with Gasteiger partial charge < -0.3 is 5.11 Å². The highest BCUT2D eigenvalue weighted by Gasteiger charge is 2.22. The first-order valence-electron chi connectivity index (χ1n) is 6.39. The van der Waals surface area contributed by atoms with Gasteiger partial charge in [-0.15, -0.1) is 0 Å². The van der Waals surface area contributed by atoms with Crippen LogP contribution in [0.1, 0.15) is 24.8 Å². The average Bonchev–Trinajstić information content (AvgIpc) is 2.60. The van der Waals surface area contributed by atoms with Crippen LogP contribution in [0.5, 0.6) is 0 Å². The fourth-order valence-corrected chi connectivity index (χ4v) is 2.26. The Labute approximate surface area is 112 Å². The molecule has 0 fully saturated rings. The van der Waals surface area contributed by atoms with E-state index in [-0.39, 0.29) is 5.92 Å². The Kier molecular flexibility index (Phi) is 4.15. The van der Waals surface area contributed by atoms with Crippen LogP contribution in [0.3, 0.4) is 0 Å². The van der Waals surface area contributed by atoms with E-state index in [2.05, 4.69) is 0 Å². The molecule has 0 saturated carbocycles. The first-order valence-corrected chi connectivity index (χ1v) is 6.39. The predicted molar refractivity (Wildman–Crippen MR) is 72.7 cm³/mol. The van der Waals surface area contributed by atoms with Crippen molar-refractivity contribution in [2.24, 2.45) is 5.92 Å². The van der Waals surface area contributed by atoms with E-state index >= 15 is 0 Å². The second-order valence-corrected chi connectivity index (χ2v) is 4.85. The molecule has 0 aromatic heterocycles. The van der Waals surface area contributed by atoms with Crippen LogP contribution >= 0.6 is 0 Å². The first-order chi connectivity index (χ1) is 9.08. The molecule has 2 rings (SSSR count). The lowest BCUT2D eigenvalue weighted by atomic mass is 9.94. The summed E-state index contributed by atoms with van der Waals surface area (Å²) in [4.78, 5) is 11.0. The zero-order chi connectivity index (χ0) is 13.8. The number of rotatable bonds is 3. The lowest BCUT2D eigenvalue weighted by Gasteiger charge is -2.12. The molecule has 0 radical (unpaired) electrons. The van der Waals surface area contributed by atoms with Gasteiger partial charge in [0.25, 0.3) is 0 Å². The van der Waals surface area contributed by atoms with E-state index < -0.39 is 18.1 Å². The van der Waals surface area contributed by atoms with Crippen LogP contribution in [0.15, 0.2) is 54.1 Å². The number of alkyl halides is 1. The number of aliphatic carboxylic acids is 1. The standard InChI is InChI=1S/C16H17FO2/c1-11(16(18)19)13-7-8-14(10-15(17)9-13)12-5-3-2-4-6-12/h2-9,11,14-15H,10H2,1H3,(H,18,19). The maximum Gasteiger partial charge on any atom is 0.310 e. The highest BCUT2D eigenvalue weighted by molar-refractivity contribution is 5.74.